The summed E-state index contributed by atoms with van der Waals surface area (Å²) in [5.74, 6) is -1.49. The van der Waals surface area contributed by atoms with Crippen LogP contribution in [0.2, 0.25) is 0 Å². The molecule has 0 radical (unpaired) electrons. The second-order valence-electron chi connectivity index (χ2n) is 4.39. The van der Waals surface area contributed by atoms with Crippen molar-refractivity contribution in [2.45, 2.75) is 18.3 Å². The van der Waals surface area contributed by atoms with Gasteiger partial charge < -0.3 is 10.0 Å². The normalized spacial score (nSPS) is 22.4. The number of nitrogens with zero attached hydrogens (tertiary/aromatic N) is 1. The molecule has 4 nitrogen and oxygen atoms in total. The van der Waals surface area contributed by atoms with Crippen LogP contribution in [0.4, 0.5) is 4.39 Å². The van der Waals surface area contributed by atoms with Gasteiger partial charge in [0.25, 0.3) is 0 Å². The smallest absolute Gasteiger partial charge is 0.327 e. The zero-order chi connectivity index (χ0) is 14.7. The van der Waals surface area contributed by atoms with Crippen LogP contribution in [0.15, 0.2) is 30.3 Å². The molecule has 2 atom stereocenters. The molecule has 0 spiro atoms. The van der Waals surface area contributed by atoms with E-state index in [1.54, 1.807) is 25.1 Å². The first-order valence-corrected chi connectivity index (χ1v) is 7.15. The zero-order valence-corrected chi connectivity index (χ0v) is 11.6. The Morgan fingerprint density at radius 3 is 2.80 bits per heavy atom. The molecule has 6 heteroatoms. The van der Waals surface area contributed by atoms with E-state index in [9.17, 15) is 14.0 Å². The number of aliphatic carboxylic acids is 1. The maximum absolute atomic E-state index is 13.4. The molecule has 1 fully saturated rings. The Bertz CT molecular complexity index is 561. The lowest BCUT2D eigenvalue weighted by Crippen LogP contribution is -2.43. The van der Waals surface area contributed by atoms with Crippen LogP contribution in [0, 0.1) is 5.82 Å². The fourth-order valence-corrected chi connectivity index (χ4v) is 3.20. The van der Waals surface area contributed by atoms with E-state index in [1.165, 1.54) is 34.9 Å². The van der Waals surface area contributed by atoms with Gasteiger partial charge in [0, 0.05) is 17.4 Å². The maximum Gasteiger partial charge on any atom is 0.327 e. The first-order valence-electron chi connectivity index (χ1n) is 6.10. The van der Waals surface area contributed by atoms with E-state index in [-0.39, 0.29) is 5.37 Å². The van der Waals surface area contributed by atoms with Crippen molar-refractivity contribution in [2.75, 3.05) is 5.75 Å². The van der Waals surface area contributed by atoms with Gasteiger partial charge in [0.1, 0.15) is 11.9 Å². The van der Waals surface area contributed by atoms with Gasteiger partial charge in [0.2, 0.25) is 5.91 Å². The standard InChI is InChI=1S/C14H14FNO3S/c1-9-16(12(8-20-9)14(18)19)13(17)7-6-10-4-2-3-5-11(10)15/h2-7,9,12H,8H2,1H3,(H,18,19). The number of carbonyl (C=O) groups excluding carboxylic acids is 1. The Labute approximate surface area is 120 Å². The molecule has 1 aliphatic heterocycles. The summed E-state index contributed by atoms with van der Waals surface area (Å²) in [6.07, 6.45) is 2.59. The predicted molar refractivity (Wildman–Crippen MR) is 75.6 cm³/mol. The van der Waals surface area contributed by atoms with E-state index in [1.807, 2.05) is 0 Å². The quantitative estimate of drug-likeness (QED) is 0.869. The summed E-state index contributed by atoms with van der Waals surface area (Å²) in [4.78, 5) is 24.5. The molecule has 106 valence electrons. The average Bonchev–Trinajstić information content (AvgIpc) is 2.79. The number of thioether (sulfide) groups is 1. The molecule has 0 aliphatic carbocycles. The number of hydrogen-bond donors (Lipinski definition) is 1. The third-order valence-corrected chi connectivity index (χ3v) is 4.29. The van der Waals surface area contributed by atoms with Gasteiger partial charge in [0.05, 0.1) is 5.37 Å². The van der Waals surface area contributed by atoms with Gasteiger partial charge in [-0.15, -0.1) is 11.8 Å². The monoisotopic (exact) mass is 295 g/mol. The molecule has 0 aromatic heterocycles. The number of carboxylic acids is 1. The Hall–Kier alpha value is -1.82. The molecular formula is C14H14FNO3S. The number of hydrogen-bond acceptors (Lipinski definition) is 3. The molecule has 1 heterocycles. The molecule has 1 aromatic rings. The van der Waals surface area contributed by atoms with Gasteiger partial charge in [-0.2, -0.15) is 0 Å². The fourth-order valence-electron chi connectivity index (χ4n) is 2.02. The molecule has 1 aromatic carbocycles. The van der Waals surface area contributed by atoms with Gasteiger partial charge in [-0.05, 0) is 19.1 Å². The molecule has 1 N–H and O–H groups in total. The zero-order valence-electron chi connectivity index (χ0n) is 10.8. The van der Waals surface area contributed by atoms with Crippen LogP contribution >= 0.6 is 11.8 Å². The Morgan fingerprint density at radius 1 is 1.45 bits per heavy atom. The Kier molecular flexibility index (Phi) is 4.44. The summed E-state index contributed by atoms with van der Waals surface area (Å²) >= 11 is 1.41. The average molecular weight is 295 g/mol. The van der Waals surface area contributed by atoms with E-state index in [2.05, 4.69) is 0 Å². The van der Waals surface area contributed by atoms with Crippen molar-refractivity contribution < 1.29 is 19.1 Å². The van der Waals surface area contributed by atoms with E-state index in [0.717, 1.165) is 0 Å². The highest BCUT2D eigenvalue weighted by molar-refractivity contribution is 8.00. The van der Waals surface area contributed by atoms with E-state index >= 15 is 0 Å². The molecule has 1 saturated heterocycles. The van der Waals surface area contributed by atoms with Gasteiger partial charge in [0.15, 0.2) is 0 Å². The molecule has 0 bridgehead atoms. The van der Waals surface area contributed by atoms with Crippen molar-refractivity contribution in [1.82, 2.24) is 4.90 Å². The first kappa shape index (κ1) is 14.6. The summed E-state index contributed by atoms with van der Waals surface area (Å²) in [6, 6.07) is 5.26. The highest BCUT2D eigenvalue weighted by atomic mass is 32.2. The Balaban J connectivity index is 2.15. The molecule has 2 rings (SSSR count). The summed E-state index contributed by atoms with van der Waals surface area (Å²) < 4.78 is 13.4. The summed E-state index contributed by atoms with van der Waals surface area (Å²) in [6.45, 7) is 1.78. The van der Waals surface area contributed by atoms with Gasteiger partial charge in [-0.25, -0.2) is 9.18 Å². The SMILES string of the molecule is CC1SCC(C(=O)O)N1C(=O)C=Cc1ccccc1F. The maximum atomic E-state index is 13.4. The lowest BCUT2D eigenvalue weighted by atomic mass is 10.2. The minimum atomic E-state index is -1.02. The van der Waals surface area contributed by atoms with E-state index in [0.29, 0.717) is 11.3 Å². The molecule has 0 saturated carbocycles. The van der Waals surface area contributed by atoms with Crippen molar-refractivity contribution in [3.8, 4) is 0 Å². The van der Waals surface area contributed by atoms with E-state index in [4.69, 9.17) is 5.11 Å². The van der Waals surface area contributed by atoms with Crippen molar-refractivity contribution in [3.05, 3.63) is 41.7 Å². The van der Waals surface area contributed by atoms with Crippen LogP contribution in [0.5, 0.6) is 0 Å². The van der Waals surface area contributed by atoms with Gasteiger partial charge in [-0.3, -0.25) is 4.79 Å². The molecule has 2 unspecified atom stereocenters. The lowest BCUT2D eigenvalue weighted by molar-refractivity contribution is -0.147. The number of amides is 1. The number of carboxylic acid groups (broad SMARTS) is 1. The molecule has 1 amide bonds. The van der Waals surface area contributed by atoms with Crippen molar-refractivity contribution in [3.63, 3.8) is 0 Å². The van der Waals surface area contributed by atoms with Crippen molar-refractivity contribution in [2.24, 2.45) is 0 Å². The second kappa shape index (κ2) is 6.09. The second-order valence-corrected chi connectivity index (χ2v) is 5.74. The predicted octanol–water partition coefficient (Wildman–Crippen LogP) is 2.21. The van der Waals surface area contributed by atoms with Gasteiger partial charge >= 0.3 is 5.97 Å². The minimum Gasteiger partial charge on any atom is -0.480 e. The van der Waals surface area contributed by atoms with Crippen molar-refractivity contribution >= 4 is 29.7 Å². The molecule has 1 aliphatic rings. The van der Waals surface area contributed by atoms with Crippen LogP contribution < -0.4 is 0 Å². The van der Waals surface area contributed by atoms with Crippen LogP contribution in [0.1, 0.15) is 12.5 Å². The fraction of sp³-hybridized carbons (Fsp3) is 0.286. The van der Waals surface area contributed by atoms with Gasteiger partial charge in [-0.1, -0.05) is 18.2 Å². The van der Waals surface area contributed by atoms with Crippen LogP contribution in [0.25, 0.3) is 6.08 Å². The largest absolute Gasteiger partial charge is 0.480 e. The number of halogens is 1. The highest BCUT2D eigenvalue weighted by Gasteiger charge is 2.38. The van der Waals surface area contributed by atoms with Crippen LogP contribution in [0.3, 0.4) is 0 Å². The molecular weight excluding hydrogens is 281 g/mol. The number of rotatable bonds is 3. The topological polar surface area (TPSA) is 57.6 Å². The van der Waals surface area contributed by atoms with Crippen LogP contribution in [-0.4, -0.2) is 39.1 Å². The number of benzene rings is 1. The first-order chi connectivity index (χ1) is 9.50. The summed E-state index contributed by atoms with van der Waals surface area (Å²) in [7, 11) is 0. The third kappa shape index (κ3) is 3.01. The number of carbonyl (C=O) groups is 2. The Morgan fingerprint density at radius 2 is 2.15 bits per heavy atom. The summed E-state index contributed by atoms with van der Waals surface area (Å²) in [5, 5.41) is 8.89. The van der Waals surface area contributed by atoms with E-state index < -0.39 is 23.7 Å². The summed E-state index contributed by atoms with van der Waals surface area (Å²) in [5.41, 5.74) is 0.298. The van der Waals surface area contributed by atoms with Crippen molar-refractivity contribution in [1.29, 1.82) is 0 Å². The molecule has 20 heavy (non-hydrogen) atoms. The van der Waals surface area contributed by atoms with Crippen LogP contribution in [-0.2, 0) is 9.59 Å². The minimum absolute atomic E-state index is 0.200. The third-order valence-electron chi connectivity index (χ3n) is 3.07. The lowest BCUT2D eigenvalue weighted by Gasteiger charge is -2.23. The highest BCUT2D eigenvalue weighted by Crippen LogP contribution is 2.29.